The smallest absolute Gasteiger partial charge is 0.219 e. The third-order valence-electron chi connectivity index (χ3n) is 6.61. The number of hydrogen-bond acceptors (Lipinski definition) is 3. The van der Waals surface area contributed by atoms with Gasteiger partial charge in [-0.3, -0.25) is 9.69 Å². The first-order chi connectivity index (χ1) is 14.2. The summed E-state index contributed by atoms with van der Waals surface area (Å²) in [7, 11) is 0. The monoisotopic (exact) mass is 392 g/mol. The third-order valence-corrected chi connectivity index (χ3v) is 6.61. The number of amides is 1. The van der Waals surface area contributed by atoms with Gasteiger partial charge in [-0.15, -0.1) is 0 Å². The Morgan fingerprint density at radius 3 is 2.28 bits per heavy atom. The number of carbonyl (C=O) groups excluding carboxylic acids is 1. The molecule has 154 valence electrons. The zero-order chi connectivity index (χ0) is 20.1. The summed E-state index contributed by atoms with van der Waals surface area (Å²) in [6, 6.07) is 20.9. The second-order valence-corrected chi connectivity index (χ2v) is 8.57. The van der Waals surface area contributed by atoms with Crippen LogP contribution in [0.15, 0.2) is 60.7 Å². The van der Waals surface area contributed by atoms with E-state index in [0.29, 0.717) is 17.8 Å². The summed E-state index contributed by atoms with van der Waals surface area (Å²) >= 11 is 0. The molecule has 2 fully saturated rings. The lowest BCUT2D eigenvalue weighted by molar-refractivity contribution is -0.130. The number of piperidine rings is 1. The first kappa shape index (κ1) is 20.0. The average Bonchev–Trinajstić information content (AvgIpc) is 3.16. The molecule has 2 saturated heterocycles. The van der Waals surface area contributed by atoms with Crippen LogP contribution in [0.4, 0.5) is 0 Å². The van der Waals surface area contributed by atoms with Crippen LogP contribution >= 0.6 is 0 Å². The summed E-state index contributed by atoms with van der Waals surface area (Å²) in [5, 5.41) is 0. The van der Waals surface area contributed by atoms with Crippen molar-refractivity contribution in [3.63, 3.8) is 0 Å². The summed E-state index contributed by atoms with van der Waals surface area (Å²) in [5.74, 6) is 3.02. The maximum absolute atomic E-state index is 11.7. The predicted octanol–water partition coefficient (Wildman–Crippen LogP) is 4.07. The fourth-order valence-corrected chi connectivity index (χ4v) is 5.03. The van der Waals surface area contributed by atoms with Crippen molar-refractivity contribution in [2.75, 3.05) is 32.8 Å². The molecule has 0 N–H and O–H groups in total. The summed E-state index contributed by atoms with van der Waals surface area (Å²) in [5.41, 5.74) is 1.38. The van der Waals surface area contributed by atoms with Gasteiger partial charge >= 0.3 is 0 Å². The van der Waals surface area contributed by atoms with Crippen molar-refractivity contribution < 1.29 is 9.53 Å². The Labute approximate surface area is 174 Å². The van der Waals surface area contributed by atoms with Crippen LogP contribution in [0, 0.1) is 17.8 Å². The van der Waals surface area contributed by atoms with Gasteiger partial charge in [0.05, 0.1) is 6.61 Å². The Morgan fingerprint density at radius 1 is 0.966 bits per heavy atom. The first-order valence-corrected chi connectivity index (χ1v) is 10.9. The standard InChI is InChI=1S/C25H32N2O2/c1-20(28)27-14-12-22(13-15-27)25-18-26(16-21-8-4-2-5-9-21)17-23(25)19-29-24-10-6-3-7-11-24/h2-11,22-23,25H,12-19H2,1H3/t23-,25-/m0/s1. The number of carbonyl (C=O) groups is 1. The molecule has 0 bridgehead atoms. The van der Waals surface area contributed by atoms with Gasteiger partial charge in [-0.25, -0.2) is 0 Å². The number of para-hydroxylation sites is 1. The van der Waals surface area contributed by atoms with Gasteiger partial charge in [-0.2, -0.15) is 0 Å². The molecular formula is C25H32N2O2. The third kappa shape index (κ3) is 5.18. The molecule has 0 aliphatic carbocycles. The molecule has 2 aromatic rings. The molecule has 2 heterocycles. The lowest BCUT2D eigenvalue weighted by Gasteiger charge is -2.36. The van der Waals surface area contributed by atoms with Gasteiger partial charge in [0.15, 0.2) is 0 Å². The normalized spacial score (nSPS) is 23.3. The van der Waals surface area contributed by atoms with Gasteiger partial charge in [0, 0.05) is 45.6 Å². The zero-order valence-corrected chi connectivity index (χ0v) is 17.4. The van der Waals surface area contributed by atoms with E-state index in [1.165, 1.54) is 5.56 Å². The highest BCUT2D eigenvalue weighted by Crippen LogP contribution is 2.36. The van der Waals surface area contributed by atoms with Gasteiger partial charge in [-0.1, -0.05) is 48.5 Å². The molecule has 4 nitrogen and oxygen atoms in total. The molecule has 2 atom stereocenters. The van der Waals surface area contributed by atoms with E-state index in [-0.39, 0.29) is 5.91 Å². The van der Waals surface area contributed by atoms with E-state index >= 15 is 0 Å². The van der Waals surface area contributed by atoms with E-state index in [1.54, 1.807) is 6.92 Å². The molecule has 0 spiro atoms. The van der Waals surface area contributed by atoms with E-state index in [1.807, 2.05) is 35.2 Å². The molecule has 0 aromatic heterocycles. The SMILES string of the molecule is CC(=O)N1CCC([C@@H]2CN(Cc3ccccc3)C[C@H]2COc2ccccc2)CC1. The fraction of sp³-hybridized carbons (Fsp3) is 0.480. The second kappa shape index (κ2) is 9.45. The largest absolute Gasteiger partial charge is 0.493 e. The minimum absolute atomic E-state index is 0.213. The Bertz CT molecular complexity index is 772. The van der Waals surface area contributed by atoms with E-state index in [9.17, 15) is 4.79 Å². The van der Waals surface area contributed by atoms with Crippen molar-refractivity contribution in [1.29, 1.82) is 0 Å². The lowest BCUT2D eigenvalue weighted by Crippen LogP contribution is -2.40. The quantitative estimate of drug-likeness (QED) is 0.743. The topological polar surface area (TPSA) is 32.8 Å². The molecule has 2 aromatic carbocycles. The molecule has 29 heavy (non-hydrogen) atoms. The van der Waals surface area contributed by atoms with Crippen LogP contribution in [0.2, 0.25) is 0 Å². The summed E-state index contributed by atoms with van der Waals surface area (Å²) in [6.45, 7) is 7.48. The zero-order valence-electron chi connectivity index (χ0n) is 17.4. The van der Waals surface area contributed by atoms with Gasteiger partial charge in [-0.05, 0) is 42.4 Å². The van der Waals surface area contributed by atoms with Crippen molar-refractivity contribution in [1.82, 2.24) is 9.80 Å². The minimum Gasteiger partial charge on any atom is -0.493 e. The first-order valence-electron chi connectivity index (χ1n) is 10.9. The molecule has 4 heteroatoms. The maximum Gasteiger partial charge on any atom is 0.219 e. The number of nitrogens with zero attached hydrogens (tertiary/aromatic N) is 2. The van der Waals surface area contributed by atoms with E-state index in [0.717, 1.165) is 57.9 Å². The molecule has 4 rings (SSSR count). The molecule has 0 unspecified atom stereocenters. The van der Waals surface area contributed by atoms with Gasteiger partial charge in [0.25, 0.3) is 0 Å². The molecular weight excluding hydrogens is 360 g/mol. The molecule has 2 aliphatic rings. The Morgan fingerprint density at radius 2 is 1.62 bits per heavy atom. The lowest BCUT2D eigenvalue weighted by atomic mass is 9.78. The predicted molar refractivity (Wildman–Crippen MR) is 116 cm³/mol. The van der Waals surface area contributed by atoms with Crippen LogP contribution in [-0.4, -0.2) is 48.5 Å². The molecule has 2 aliphatic heterocycles. The Kier molecular flexibility index (Phi) is 6.50. The van der Waals surface area contributed by atoms with E-state index < -0.39 is 0 Å². The van der Waals surface area contributed by atoms with Crippen molar-refractivity contribution >= 4 is 5.91 Å². The van der Waals surface area contributed by atoms with Crippen LogP contribution in [-0.2, 0) is 11.3 Å². The number of hydrogen-bond donors (Lipinski definition) is 0. The number of likely N-dealkylation sites (tertiary alicyclic amines) is 2. The Hall–Kier alpha value is -2.33. The van der Waals surface area contributed by atoms with Crippen LogP contribution in [0.25, 0.3) is 0 Å². The van der Waals surface area contributed by atoms with Gasteiger partial charge < -0.3 is 9.64 Å². The number of rotatable bonds is 6. The highest BCUT2D eigenvalue weighted by Gasteiger charge is 2.39. The van der Waals surface area contributed by atoms with Crippen molar-refractivity contribution in [3.05, 3.63) is 66.2 Å². The summed E-state index contributed by atoms with van der Waals surface area (Å²) < 4.78 is 6.18. The Balaban J connectivity index is 1.41. The minimum atomic E-state index is 0.213. The molecule has 0 radical (unpaired) electrons. The number of ether oxygens (including phenoxy) is 1. The van der Waals surface area contributed by atoms with Crippen molar-refractivity contribution in [2.24, 2.45) is 17.8 Å². The summed E-state index contributed by atoms with van der Waals surface area (Å²) in [6.07, 6.45) is 2.23. The summed E-state index contributed by atoms with van der Waals surface area (Å²) in [4.78, 5) is 16.3. The van der Waals surface area contributed by atoms with Crippen LogP contribution in [0.5, 0.6) is 5.75 Å². The molecule has 1 amide bonds. The highest BCUT2D eigenvalue weighted by atomic mass is 16.5. The van der Waals surface area contributed by atoms with E-state index in [2.05, 4.69) is 35.2 Å². The van der Waals surface area contributed by atoms with Gasteiger partial charge in [0.1, 0.15) is 5.75 Å². The fourth-order valence-electron chi connectivity index (χ4n) is 5.03. The van der Waals surface area contributed by atoms with Gasteiger partial charge in [0.2, 0.25) is 5.91 Å². The highest BCUT2D eigenvalue weighted by molar-refractivity contribution is 5.73. The van der Waals surface area contributed by atoms with Crippen molar-refractivity contribution in [2.45, 2.75) is 26.3 Å². The van der Waals surface area contributed by atoms with Crippen LogP contribution in [0.1, 0.15) is 25.3 Å². The number of benzene rings is 2. The maximum atomic E-state index is 11.7. The van der Waals surface area contributed by atoms with Crippen LogP contribution < -0.4 is 4.74 Å². The van der Waals surface area contributed by atoms with E-state index in [4.69, 9.17) is 4.74 Å². The second-order valence-electron chi connectivity index (χ2n) is 8.57. The average molecular weight is 393 g/mol. The van der Waals surface area contributed by atoms with Crippen LogP contribution in [0.3, 0.4) is 0 Å². The molecule has 0 saturated carbocycles. The van der Waals surface area contributed by atoms with Crippen molar-refractivity contribution in [3.8, 4) is 5.75 Å².